The quantitative estimate of drug-likeness (QED) is 0.839. The van der Waals surface area contributed by atoms with Crippen molar-refractivity contribution in [2.45, 2.75) is 13.0 Å². The second-order valence-corrected chi connectivity index (χ2v) is 4.05. The summed E-state index contributed by atoms with van der Waals surface area (Å²) < 4.78 is 24.1. The first kappa shape index (κ1) is 18.5. The van der Waals surface area contributed by atoms with Gasteiger partial charge in [-0.25, -0.2) is 4.39 Å². The van der Waals surface area contributed by atoms with Crippen LogP contribution in [-0.2, 0) is 4.79 Å². The molecule has 0 aromatic heterocycles. The highest BCUT2D eigenvalue weighted by Gasteiger charge is 2.17. The summed E-state index contributed by atoms with van der Waals surface area (Å²) in [5.74, 6) is 0.0882. The molecule has 0 fully saturated rings. The van der Waals surface area contributed by atoms with Gasteiger partial charge in [-0.1, -0.05) is 0 Å². The number of carbonyl (C=O) groups is 1. The van der Waals surface area contributed by atoms with Crippen LogP contribution < -0.4 is 20.1 Å². The third kappa shape index (κ3) is 4.54. The molecule has 0 bridgehead atoms. The third-order valence-electron chi connectivity index (χ3n) is 2.68. The molecule has 2 N–H and O–H groups in total. The number of carbonyl (C=O) groups excluding carboxylic acids is 1. The minimum Gasteiger partial charge on any atom is -0.493 e. The minimum atomic E-state index is -0.458. The first-order valence-corrected chi connectivity index (χ1v) is 5.88. The standard InChI is InChI=1S/C13H19FN2O3.ClH/c1-8(16-13(17)7-15-2)9-5-11(18-3)12(19-4)6-10(9)14;/h5-6,8,15H,7H2,1-4H3,(H,16,17);1H. The van der Waals surface area contributed by atoms with Gasteiger partial charge in [0.15, 0.2) is 11.5 Å². The molecule has 0 aliphatic carbocycles. The van der Waals surface area contributed by atoms with Gasteiger partial charge in [-0.15, -0.1) is 12.4 Å². The average Bonchev–Trinajstić information content (AvgIpc) is 2.38. The number of benzene rings is 1. The molecule has 1 unspecified atom stereocenters. The highest BCUT2D eigenvalue weighted by atomic mass is 35.5. The van der Waals surface area contributed by atoms with Gasteiger partial charge in [-0.05, 0) is 20.0 Å². The zero-order valence-corrected chi connectivity index (χ0v) is 12.8. The van der Waals surface area contributed by atoms with Crippen LogP contribution in [0.25, 0.3) is 0 Å². The third-order valence-corrected chi connectivity index (χ3v) is 2.68. The van der Waals surface area contributed by atoms with Crippen molar-refractivity contribution < 1.29 is 18.7 Å². The summed E-state index contributed by atoms with van der Waals surface area (Å²) in [6.07, 6.45) is 0. The van der Waals surface area contributed by atoms with Crippen molar-refractivity contribution >= 4 is 18.3 Å². The number of rotatable bonds is 6. The predicted octanol–water partition coefficient (Wildman–Crippen LogP) is 1.66. The Morgan fingerprint density at radius 3 is 2.35 bits per heavy atom. The van der Waals surface area contributed by atoms with E-state index in [1.807, 2.05) is 0 Å². The second-order valence-electron chi connectivity index (χ2n) is 4.05. The molecule has 1 atom stereocenters. The van der Waals surface area contributed by atoms with Gasteiger partial charge in [0, 0.05) is 11.6 Å². The topological polar surface area (TPSA) is 59.6 Å². The molecule has 0 aliphatic heterocycles. The summed E-state index contributed by atoms with van der Waals surface area (Å²) in [7, 11) is 4.58. The fraction of sp³-hybridized carbons (Fsp3) is 0.462. The maximum atomic E-state index is 13.9. The Balaban J connectivity index is 0.00000361. The van der Waals surface area contributed by atoms with Gasteiger partial charge in [-0.3, -0.25) is 4.79 Å². The molecule has 7 heteroatoms. The van der Waals surface area contributed by atoms with Gasteiger partial charge in [0.25, 0.3) is 0 Å². The molecule has 20 heavy (non-hydrogen) atoms. The minimum absolute atomic E-state index is 0. The van der Waals surface area contributed by atoms with E-state index in [1.165, 1.54) is 26.4 Å². The van der Waals surface area contributed by atoms with Gasteiger partial charge in [0.1, 0.15) is 5.82 Å². The van der Waals surface area contributed by atoms with Gasteiger partial charge in [0.2, 0.25) is 5.91 Å². The van der Waals surface area contributed by atoms with Crippen molar-refractivity contribution in [2.24, 2.45) is 0 Å². The van der Waals surface area contributed by atoms with E-state index in [2.05, 4.69) is 10.6 Å². The molecule has 0 radical (unpaired) electrons. The Labute approximate surface area is 124 Å². The van der Waals surface area contributed by atoms with Crippen molar-refractivity contribution in [3.63, 3.8) is 0 Å². The fourth-order valence-corrected chi connectivity index (χ4v) is 1.73. The first-order valence-electron chi connectivity index (χ1n) is 5.88. The lowest BCUT2D eigenvalue weighted by atomic mass is 10.1. The van der Waals surface area contributed by atoms with Gasteiger partial charge < -0.3 is 20.1 Å². The summed E-state index contributed by atoms with van der Waals surface area (Å²) in [5, 5.41) is 5.42. The van der Waals surface area contributed by atoms with E-state index in [4.69, 9.17) is 9.47 Å². The highest BCUT2D eigenvalue weighted by Crippen LogP contribution is 2.32. The monoisotopic (exact) mass is 306 g/mol. The lowest BCUT2D eigenvalue weighted by Gasteiger charge is -2.17. The fourth-order valence-electron chi connectivity index (χ4n) is 1.73. The molecule has 1 rings (SSSR count). The smallest absolute Gasteiger partial charge is 0.234 e. The van der Waals surface area contributed by atoms with Gasteiger partial charge in [0.05, 0.1) is 26.8 Å². The number of likely N-dealkylation sites (N-methyl/N-ethyl adjacent to an activating group) is 1. The van der Waals surface area contributed by atoms with E-state index in [-0.39, 0.29) is 24.9 Å². The summed E-state index contributed by atoms with van der Waals surface area (Å²) in [6, 6.07) is 2.31. The van der Waals surface area contributed by atoms with Crippen molar-refractivity contribution in [1.29, 1.82) is 0 Å². The van der Waals surface area contributed by atoms with Crippen LogP contribution >= 0.6 is 12.4 Å². The molecule has 0 heterocycles. The number of halogens is 2. The van der Waals surface area contributed by atoms with Crippen molar-refractivity contribution in [1.82, 2.24) is 10.6 Å². The van der Waals surface area contributed by atoms with E-state index in [0.29, 0.717) is 17.1 Å². The summed E-state index contributed by atoms with van der Waals surface area (Å²) in [6.45, 7) is 1.89. The molecule has 0 saturated heterocycles. The normalized spacial score (nSPS) is 11.2. The largest absolute Gasteiger partial charge is 0.493 e. The van der Waals surface area contributed by atoms with E-state index >= 15 is 0 Å². The number of methoxy groups -OCH3 is 2. The Hall–Kier alpha value is -1.53. The summed E-state index contributed by atoms with van der Waals surface area (Å²) in [5.41, 5.74) is 0.349. The Kier molecular flexibility index (Phi) is 7.94. The zero-order chi connectivity index (χ0) is 14.4. The van der Waals surface area contributed by atoms with Crippen LogP contribution in [0.15, 0.2) is 12.1 Å². The number of ether oxygens (including phenoxy) is 2. The number of amides is 1. The van der Waals surface area contributed by atoms with Crippen LogP contribution in [0, 0.1) is 5.82 Å². The van der Waals surface area contributed by atoms with E-state index in [9.17, 15) is 9.18 Å². The average molecular weight is 307 g/mol. The summed E-state index contributed by atoms with van der Waals surface area (Å²) >= 11 is 0. The van der Waals surface area contributed by atoms with Gasteiger partial charge >= 0.3 is 0 Å². The molecule has 5 nitrogen and oxygen atoms in total. The molecule has 114 valence electrons. The van der Waals surface area contributed by atoms with Crippen LogP contribution in [0.4, 0.5) is 4.39 Å². The van der Waals surface area contributed by atoms with Crippen LogP contribution in [0.5, 0.6) is 11.5 Å². The second kappa shape index (κ2) is 8.60. The van der Waals surface area contributed by atoms with Crippen LogP contribution in [0.2, 0.25) is 0 Å². The zero-order valence-electron chi connectivity index (χ0n) is 12.0. The first-order chi connectivity index (χ1) is 9.03. The predicted molar refractivity (Wildman–Crippen MR) is 77.2 cm³/mol. The SMILES string of the molecule is CNCC(=O)NC(C)c1cc(OC)c(OC)cc1F.Cl. The maximum Gasteiger partial charge on any atom is 0.234 e. The van der Waals surface area contributed by atoms with Crippen LogP contribution in [0.3, 0.4) is 0 Å². The molecular weight excluding hydrogens is 287 g/mol. The molecule has 0 aliphatic rings. The number of hydrogen-bond donors (Lipinski definition) is 2. The summed E-state index contributed by atoms with van der Waals surface area (Å²) in [4.78, 5) is 11.5. The highest BCUT2D eigenvalue weighted by molar-refractivity contribution is 5.85. The number of nitrogens with one attached hydrogen (secondary N) is 2. The van der Waals surface area contributed by atoms with Crippen LogP contribution in [0.1, 0.15) is 18.5 Å². The van der Waals surface area contributed by atoms with Gasteiger partial charge in [-0.2, -0.15) is 0 Å². The molecular formula is C13H20ClFN2O3. The maximum absolute atomic E-state index is 13.9. The Morgan fingerprint density at radius 1 is 1.30 bits per heavy atom. The van der Waals surface area contributed by atoms with E-state index in [1.54, 1.807) is 14.0 Å². The molecule has 0 spiro atoms. The molecule has 1 aromatic rings. The molecule has 0 saturated carbocycles. The molecule has 1 aromatic carbocycles. The number of hydrogen-bond acceptors (Lipinski definition) is 4. The Morgan fingerprint density at radius 2 is 1.85 bits per heavy atom. The van der Waals surface area contributed by atoms with Crippen molar-refractivity contribution in [2.75, 3.05) is 27.8 Å². The van der Waals surface area contributed by atoms with Crippen molar-refractivity contribution in [3.05, 3.63) is 23.5 Å². The van der Waals surface area contributed by atoms with Crippen LogP contribution in [-0.4, -0.2) is 33.7 Å². The van der Waals surface area contributed by atoms with Crippen molar-refractivity contribution in [3.8, 4) is 11.5 Å². The lowest BCUT2D eigenvalue weighted by molar-refractivity contribution is -0.120. The van der Waals surface area contributed by atoms with E-state index < -0.39 is 11.9 Å². The van der Waals surface area contributed by atoms with E-state index in [0.717, 1.165) is 0 Å². The molecule has 1 amide bonds. The Bertz CT molecular complexity index is 457. The lowest BCUT2D eigenvalue weighted by Crippen LogP contribution is -2.34.